The molecule has 0 atom stereocenters. The maximum absolute atomic E-state index is 6.47. The third-order valence-corrected chi connectivity index (χ3v) is 10.4. The molecule has 0 aliphatic rings. The number of para-hydroxylation sites is 4. The molecule has 11 aromatic rings. The van der Waals surface area contributed by atoms with E-state index in [0.717, 1.165) is 38.7 Å². The zero-order valence-electron chi connectivity index (χ0n) is 27.5. The molecule has 0 saturated carbocycles. The summed E-state index contributed by atoms with van der Waals surface area (Å²) in [5.74, 6) is 0. The minimum Gasteiger partial charge on any atom is -0.454 e. The Balaban J connectivity index is 1.05. The average Bonchev–Trinajstić information content (AvgIpc) is 3.86. The molecule has 0 N–H and O–H groups in total. The second-order valence-electron chi connectivity index (χ2n) is 13.2. The normalized spacial score (nSPS) is 11.9. The first kappa shape index (κ1) is 28.0. The van der Waals surface area contributed by atoms with E-state index in [1.54, 1.807) is 0 Å². The van der Waals surface area contributed by atoms with E-state index in [4.69, 9.17) is 4.42 Å². The molecule has 51 heavy (non-hydrogen) atoms. The van der Waals surface area contributed by atoms with Gasteiger partial charge in [-0.05, 0) is 82.9 Å². The highest BCUT2D eigenvalue weighted by Gasteiger charge is 2.19. The van der Waals surface area contributed by atoms with Crippen molar-refractivity contribution in [1.29, 1.82) is 0 Å². The van der Waals surface area contributed by atoms with Crippen LogP contribution in [0.3, 0.4) is 0 Å². The van der Waals surface area contributed by atoms with Gasteiger partial charge >= 0.3 is 0 Å². The first-order valence-electron chi connectivity index (χ1n) is 17.3. The number of benzene rings is 7. The summed E-state index contributed by atoms with van der Waals surface area (Å²) in [6.07, 6.45) is 3.82. The molecule has 0 fully saturated rings. The summed E-state index contributed by atoms with van der Waals surface area (Å²) in [4.78, 5) is 4.68. The van der Waals surface area contributed by atoms with Gasteiger partial charge in [0.15, 0.2) is 5.58 Å². The molecule has 238 valence electrons. The quantitative estimate of drug-likeness (QED) is 0.190. The van der Waals surface area contributed by atoms with E-state index >= 15 is 0 Å². The number of hydrogen-bond donors (Lipinski definition) is 0. The monoisotopic (exact) mass is 651 g/mol. The van der Waals surface area contributed by atoms with E-state index in [-0.39, 0.29) is 0 Å². The fraction of sp³-hybridized carbons (Fsp3) is 0. The Bertz CT molecular complexity index is 3140. The van der Waals surface area contributed by atoms with Crippen molar-refractivity contribution in [3.05, 3.63) is 176 Å². The van der Waals surface area contributed by atoms with Crippen LogP contribution in [0.5, 0.6) is 0 Å². The predicted molar refractivity (Wildman–Crippen MR) is 211 cm³/mol. The van der Waals surface area contributed by atoms with Crippen molar-refractivity contribution in [3.63, 3.8) is 0 Å². The molecular weight excluding hydrogens is 623 g/mol. The molecule has 11 rings (SSSR count). The van der Waals surface area contributed by atoms with Crippen molar-refractivity contribution >= 4 is 65.6 Å². The lowest BCUT2D eigenvalue weighted by Gasteiger charge is -2.10. The number of furan rings is 1. The van der Waals surface area contributed by atoms with Gasteiger partial charge in [0.25, 0.3) is 0 Å². The third kappa shape index (κ3) is 4.17. The van der Waals surface area contributed by atoms with Crippen molar-refractivity contribution in [2.75, 3.05) is 0 Å². The van der Waals surface area contributed by atoms with Gasteiger partial charge in [0.2, 0.25) is 0 Å². The van der Waals surface area contributed by atoms with Gasteiger partial charge in [-0.3, -0.25) is 4.98 Å². The van der Waals surface area contributed by atoms with E-state index in [1.807, 2.05) is 30.6 Å². The minimum absolute atomic E-state index is 0.842. The molecule has 0 bridgehead atoms. The van der Waals surface area contributed by atoms with Crippen LogP contribution >= 0.6 is 0 Å². The van der Waals surface area contributed by atoms with Crippen molar-refractivity contribution in [1.82, 2.24) is 14.1 Å². The topological polar surface area (TPSA) is 35.9 Å². The Hall–Kier alpha value is -6.91. The van der Waals surface area contributed by atoms with Crippen molar-refractivity contribution in [2.24, 2.45) is 0 Å². The highest BCUT2D eigenvalue weighted by atomic mass is 16.3. The van der Waals surface area contributed by atoms with Gasteiger partial charge in [0, 0.05) is 44.2 Å². The van der Waals surface area contributed by atoms with Crippen LogP contribution in [-0.4, -0.2) is 14.1 Å². The van der Waals surface area contributed by atoms with Gasteiger partial charge in [-0.2, -0.15) is 0 Å². The molecule has 0 unspecified atom stereocenters. The molecule has 4 aromatic heterocycles. The minimum atomic E-state index is 0.842. The molecule has 7 aromatic carbocycles. The Morgan fingerprint density at radius 1 is 0.373 bits per heavy atom. The zero-order valence-corrected chi connectivity index (χ0v) is 27.5. The molecule has 0 amide bonds. The molecule has 0 saturated heterocycles. The first-order valence-corrected chi connectivity index (χ1v) is 17.3. The number of fused-ring (bicyclic) bond motifs is 9. The molecule has 0 aliphatic heterocycles. The lowest BCUT2D eigenvalue weighted by atomic mass is 9.97. The lowest BCUT2D eigenvalue weighted by Crippen LogP contribution is -1.95. The van der Waals surface area contributed by atoms with Crippen molar-refractivity contribution < 1.29 is 4.42 Å². The van der Waals surface area contributed by atoms with Gasteiger partial charge in [-0.15, -0.1) is 0 Å². The molecule has 4 heterocycles. The Morgan fingerprint density at radius 2 is 0.922 bits per heavy atom. The number of hydrogen-bond acceptors (Lipinski definition) is 2. The van der Waals surface area contributed by atoms with Gasteiger partial charge in [-0.1, -0.05) is 103 Å². The second-order valence-corrected chi connectivity index (χ2v) is 13.2. The van der Waals surface area contributed by atoms with Gasteiger partial charge in [-0.25, -0.2) is 0 Å². The summed E-state index contributed by atoms with van der Waals surface area (Å²) < 4.78 is 11.1. The number of nitrogens with zero attached hydrogens (tertiary/aromatic N) is 3. The molecule has 0 spiro atoms. The van der Waals surface area contributed by atoms with Crippen LogP contribution in [0.1, 0.15) is 0 Å². The van der Waals surface area contributed by atoms with E-state index in [2.05, 4.69) is 160 Å². The number of pyridine rings is 1. The van der Waals surface area contributed by atoms with Crippen LogP contribution in [0.25, 0.3) is 99.2 Å². The van der Waals surface area contributed by atoms with Crippen molar-refractivity contribution in [3.8, 4) is 33.6 Å². The number of aromatic nitrogens is 3. The smallest absolute Gasteiger partial charge is 0.162 e. The summed E-state index contributed by atoms with van der Waals surface area (Å²) >= 11 is 0. The summed E-state index contributed by atoms with van der Waals surface area (Å²) in [6, 6.07) is 58.7. The first-order chi connectivity index (χ1) is 25.3. The zero-order chi connectivity index (χ0) is 33.5. The maximum Gasteiger partial charge on any atom is 0.162 e. The molecule has 4 heteroatoms. The largest absolute Gasteiger partial charge is 0.454 e. The average molecular weight is 652 g/mol. The van der Waals surface area contributed by atoms with Crippen LogP contribution in [0.15, 0.2) is 181 Å². The molecular formula is C47H29N3O. The van der Waals surface area contributed by atoms with Gasteiger partial charge in [0.05, 0.1) is 28.3 Å². The van der Waals surface area contributed by atoms with Crippen LogP contribution in [0.4, 0.5) is 0 Å². The summed E-state index contributed by atoms with van der Waals surface area (Å²) in [6.45, 7) is 0. The molecule has 0 radical (unpaired) electrons. The number of rotatable bonds is 4. The Labute approximate surface area is 293 Å². The fourth-order valence-corrected chi connectivity index (χ4v) is 8.08. The Kier molecular flexibility index (Phi) is 5.92. The van der Waals surface area contributed by atoms with Crippen LogP contribution < -0.4 is 0 Å². The second kappa shape index (κ2) is 10.8. The summed E-state index contributed by atoms with van der Waals surface area (Å²) in [5, 5.41) is 6.98. The Morgan fingerprint density at radius 3 is 1.63 bits per heavy atom. The highest BCUT2D eigenvalue weighted by Crippen LogP contribution is 2.40. The van der Waals surface area contributed by atoms with Gasteiger partial charge < -0.3 is 13.6 Å². The van der Waals surface area contributed by atoms with E-state index < -0.39 is 0 Å². The maximum atomic E-state index is 6.47. The SMILES string of the molecule is c1ccc(-n2c3ccccc3c3cc(-c4cccc(-c5ccc6c(c5)c5ccccc5n6-c5cncc6c5oc5ccccc56)c4)ccc32)cc1. The highest BCUT2D eigenvalue weighted by molar-refractivity contribution is 6.13. The van der Waals surface area contributed by atoms with Crippen LogP contribution in [0, 0.1) is 0 Å². The standard InChI is InChI=1S/C47H29N3O/c1-2-13-34(14-3-1)49-41-18-7-4-15-35(41)38-26-32(21-23-43(38)49)30-11-10-12-31(25-30)33-22-24-44-39(27-33)36-16-5-8-19-42(36)50(44)45-29-48-28-40-37-17-6-9-20-46(37)51-47(40)45/h1-29H. The van der Waals surface area contributed by atoms with Gasteiger partial charge in [0.1, 0.15) is 11.3 Å². The van der Waals surface area contributed by atoms with E-state index in [0.29, 0.717) is 0 Å². The molecule has 4 nitrogen and oxygen atoms in total. The summed E-state index contributed by atoms with van der Waals surface area (Å²) in [5.41, 5.74) is 13.2. The lowest BCUT2D eigenvalue weighted by molar-refractivity contribution is 0.666. The van der Waals surface area contributed by atoms with Crippen molar-refractivity contribution in [2.45, 2.75) is 0 Å². The van der Waals surface area contributed by atoms with Crippen LogP contribution in [-0.2, 0) is 0 Å². The van der Waals surface area contributed by atoms with E-state index in [1.165, 1.54) is 60.5 Å². The fourth-order valence-electron chi connectivity index (χ4n) is 8.08. The molecule has 0 aliphatic carbocycles. The predicted octanol–water partition coefficient (Wildman–Crippen LogP) is 12.5. The third-order valence-electron chi connectivity index (χ3n) is 10.4. The van der Waals surface area contributed by atoms with Crippen LogP contribution in [0.2, 0.25) is 0 Å². The summed E-state index contributed by atoms with van der Waals surface area (Å²) in [7, 11) is 0. The van der Waals surface area contributed by atoms with E-state index in [9.17, 15) is 0 Å².